The minimum absolute atomic E-state index is 0.117. The zero-order valence-corrected chi connectivity index (χ0v) is 6.87. The van der Waals surface area contributed by atoms with Gasteiger partial charge in [-0.15, -0.1) is 0 Å². The van der Waals surface area contributed by atoms with Crippen LogP contribution < -0.4 is 10.5 Å². The molecular formula is C8H8FNO3. The van der Waals surface area contributed by atoms with Crippen molar-refractivity contribution in [2.75, 3.05) is 7.11 Å². The number of primary amides is 1. The Morgan fingerprint density at radius 3 is 2.69 bits per heavy atom. The normalized spacial score (nSPS) is 9.69. The molecule has 0 aliphatic heterocycles. The first-order valence-electron chi connectivity index (χ1n) is 3.42. The van der Waals surface area contributed by atoms with E-state index in [1.807, 2.05) is 0 Å². The third kappa shape index (κ3) is 1.69. The number of benzene rings is 1. The summed E-state index contributed by atoms with van der Waals surface area (Å²) in [5.74, 6) is -2.16. The molecule has 0 aliphatic carbocycles. The highest BCUT2D eigenvalue weighted by molar-refractivity contribution is 5.96. The van der Waals surface area contributed by atoms with Crippen LogP contribution in [0.25, 0.3) is 0 Å². The Bertz CT molecular complexity index is 351. The van der Waals surface area contributed by atoms with Gasteiger partial charge in [0, 0.05) is 6.07 Å². The summed E-state index contributed by atoms with van der Waals surface area (Å²) in [5, 5.41) is 9.29. The lowest BCUT2D eigenvalue weighted by molar-refractivity contribution is 0.0996. The van der Waals surface area contributed by atoms with Crippen molar-refractivity contribution in [3.05, 3.63) is 23.5 Å². The van der Waals surface area contributed by atoms with Crippen molar-refractivity contribution in [2.24, 2.45) is 5.73 Å². The first kappa shape index (κ1) is 9.31. The van der Waals surface area contributed by atoms with Crippen LogP contribution in [0.4, 0.5) is 4.39 Å². The molecule has 0 saturated carbocycles. The van der Waals surface area contributed by atoms with E-state index in [9.17, 15) is 14.3 Å². The fourth-order valence-electron chi connectivity index (χ4n) is 0.918. The number of ether oxygens (including phenoxy) is 1. The second-order valence-electron chi connectivity index (χ2n) is 2.37. The molecule has 0 bridgehead atoms. The van der Waals surface area contributed by atoms with Gasteiger partial charge in [0.2, 0.25) is 0 Å². The molecular weight excluding hydrogens is 177 g/mol. The standard InChI is InChI=1S/C8H8FNO3/c1-13-6-3-4(9)2-5(7(6)11)8(10)12/h2-3,11H,1H3,(H2,10,12). The van der Waals surface area contributed by atoms with Crippen LogP contribution in [0, 0.1) is 5.82 Å². The van der Waals surface area contributed by atoms with Gasteiger partial charge in [0.1, 0.15) is 5.82 Å². The third-order valence-electron chi connectivity index (χ3n) is 1.53. The summed E-state index contributed by atoms with van der Waals surface area (Å²) in [5.41, 5.74) is 4.59. The molecule has 70 valence electrons. The number of hydrogen-bond donors (Lipinski definition) is 2. The number of amides is 1. The van der Waals surface area contributed by atoms with Crippen LogP contribution in [0.1, 0.15) is 10.4 Å². The van der Waals surface area contributed by atoms with Gasteiger partial charge in [-0.05, 0) is 6.07 Å². The molecule has 5 heteroatoms. The topological polar surface area (TPSA) is 72.5 Å². The number of phenols is 1. The quantitative estimate of drug-likeness (QED) is 0.710. The van der Waals surface area contributed by atoms with E-state index in [4.69, 9.17) is 5.73 Å². The first-order chi connectivity index (χ1) is 6.06. The summed E-state index contributed by atoms with van der Waals surface area (Å²) in [6.45, 7) is 0. The van der Waals surface area contributed by atoms with Crippen molar-refractivity contribution >= 4 is 5.91 Å². The lowest BCUT2D eigenvalue weighted by Gasteiger charge is -2.06. The molecule has 0 fully saturated rings. The SMILES string of the molecule is COc1cc(F)cc(C(N)=O)c1O. The molecule has 0 unspecified atom stereocenters. The molecule has 0 saturated heterocycles. The molecule has 0 atom stereocenters. The second-order valence-corrected chi connectivity index (χ2v) is 2.37. The molecule has 0 spiro atoms. The second kappa shape index (κ2) is 3.30. The minimum Gasteiger partial charge on any atom is -0.504 e. The maximum absolute atomic E-state index is 12.8. The largest absolute Gasteiger partial charge is 0.504 e. The van der Waals surface area contributed by atoms with Gasteiger partial charge in [-0.1, -0.05) is 0 Å². The monoisotopic (exact) mass is 185 g/mol. The van der Waals surface area contributed by atoms with Gasteiger partial charge in [-0.2, -0.15) is 0 Å². The molecule has 3 N–H and O–H groups in total. The fraction of sp³-hybridized carbons (Fsp3) is 0.125. The van der Waals surface area contributed by atoms with Gasteiger partial charge in [-0.3, -0.25) is 4.79 Å². The molecule has 1 amide bonds. The van der Waals surface area contributed by atoms with E-state index in [0.717, 1.165) is 12.1 Å². The number of carbonyl (C=O) groups excluding carboxylic acids is 1. The average molecular weight is 185 g/mol. The maximum atomic E-state index is 12.8. The predicted molar refractivity (Wildman–Crippen MR) is 43.1 cm³/mol. The van der Waals surface area contributed by atoms with Gasteiger partial charge < -0.3 is 15.6 Å². The van der Waals surface area contributed by atoms with E-state index in [-0.39, 0.29) is 11.3 Å². The van der Waals surface area contributed by atoms with Crippen molar-refractivity contribution in [3.63, 3.8) is 0 Å². The van der Waals surface area contributed by atoms with E-state index >= 15 is 0 Å². The van der Waals surface area contributed by atoms with Crippen molar-refractivity contribution in [2.45, 2.75) is 0 Å². The van der Waals surface area contributed by atoms with E-state index in [0.29, 0.717) is 0 Å². The molecule has 0 heterocycles. The van der Waals surface area contributed by atoms with Crippen LogP contribution in [0.3, 0.4) is 0 Å². The van der Waals surface area contributed by atoms with Crippen LogP contribution in [0.5, 0.6) is 11.5 Å². The Hall–Kier alpha value is -1.78. The molecule has 13 heavy (non-hydrogen) atoms. The van der Waals surface area contributed by atoms with Crippen LogP contribution in [0.15, 0.2) is 12.1 Å². The number of rotatable bonds is 2. The summed E-state index contributed by atoms with van der Waals surface area (Å²) in [6, 6.07) is 1.81. The predicted octanol–water partition coefficient (Wildman–Crippen LogP) is 0.639. The van der Waals surface area contributed by atoms with Crippen molar-refractivity contribution in [3.8, 4) is 11.5 Å². The van der Waals surface area contributed by atoms with Gasteiger partial charge in [-0.25, -0.2) is 4.39 Å². The number of halogens is 1. The molecule has 4 nitrogen and oxygen atoms in total. The Balaban J connectivity index is 3.35. The number of aromatic hydroxyl groups is 1. The number of hydrogen-bond acceptors (Lipinski definition) is 3. The lowest BCUT2D eigenvalue weighted by Crippen LogP contribution is -2.11. The zero-order chi connectivity index (χ0) is 10.0. The van der Waals surface area contributed by atoms with Crippen LogP contribution in [-0.4, -0.2) is 18.1 Å². The van der Waals surface area contributed by atoms with E-state index in [1.54, 1.807) is 0 Å². The average Bonchev–Trinajstić information content (AvgIpc) is 2.08. The van der Waals surface area contributed by atoms with E-state index < -0.39 is 17.5 Å². The Labute approximate surface area is 73.7 Å². The molecule has 1 rings (SSSR count). The summed E-state index contributed by atoms with van der Waals surface area (Å²) in [7, 11) is 1.25. The summed E-state index contributed by atoms with van der Waals surface area (Å²) < 4.78 is 17.4. The summed E-state index contributed by atoms with van der Waals surface area (Å²) >= 11 is 0. The maximum Gasteiger partial charge on any atom is 0.252 e. The third-order valence-corrected chi connectivity index (χ3v) is 1.53. The summed E-state index contributed by atoms with van der Waals surface area (Å²) in [6.07, 6.45) is 0. The van der Waals surface area contributed by atoms with Crippen LogP contribution in [0.2, 0.25) is 0 Å². The highest BCUT2D eigenvalue weighted by atomic mass is 19.1. The molecule has 1 aromatic rings. The number of methoxy groups -OCH3 is 1. The van der Waals surface area contributed by atoms with E-state index in [1.165, 1.54) is 7.11 Å². The van der Waals surface area contributed by atoms with E-state index in [2.05, 4.69) is 4.74 Å². The fourth-order valence-corrected chi connectivity index (χ4v) is 0.918. The highest BCUT2D eigenvalue weighted by Crippen LogP contribution is 2.30. The van der Waals surface area contributed by atoms with Gasteiger partial charge in [0.25, 0.3) is 5.91 Å². The molecule has 0 aromatic heterocycles. The Kier molecular flexibility index (Phi) is 2.36. The first-order valence-corrected chi connectivity index (χ1v) is 3.42. The molecule has 0 radical (unpaired) electrons. The lowest BCUT2D eigenvalue weighted by atomic mass is 10.1. The smallest absolute Gasteiger partial charge is 0.252 e. The van der Waals surface area contributed by atoms with Crippen molar-refractivity contribution in [1.29, 1.82) is 0 Å². The Morgan fingerprint density at radius 2 is 2.23 bits per heavy atom. The molecule has 0 aliphatic rings. The number of nitrogens with two attached hydrogens (primary N) is 1. The van der Waals surface area contributed by atoms with Crippen molar-refractivity contribution in [1.82, 2.24) is 0 Å². The van der Waals surface area contributed by atoms with Crippen LogP contribution in [-0.2, 0) is 0 Å². The minimum atomic E-state index is -0.907. The molecule has 1 aromatic carbocycles. The summed E-state index contributed by atoms with van der Waals surface area (Å²) in [4.78, 5) is 10.7. The van der Waals surface area contributed by atoms with Crippen LogP contribution >= 0.6 is 0 Å². The van der Waals surface area contributed by atoms with Crippen molar-refractivity contribution < 1.29 is 19.0 Å². The number of carbonyl (C=O) groups is 1. The van der Waals surface area contributed by atoms with Gasteiger partial charge in [0.05, 0.1) is 12.7 Å². The Morgan fingerprint density at radius 1 is 1.62 bits per heavy atom. The van der Waals surface area contributed by atoms with Gasteiger partial charge >= 0.3 is 0 Å². The van der Waals surface area contributed by atoms with Gasteiger partial charge in [0.15, 0.2) is 11.5 Å². The zero-order valence-electron chi connectivity index (χ0n) is 6.87. The highest BCUT2D eigenvalue weighted by Gasteiger charge is 2.14.